The Bertz CT molecular complexity index is 706. The van der Waals surface area contributed by atoms with E-state index in [1.807, 2.05) is 24.4 Å². The summed E-state index contributed by atoms with van der Waals surface area (Å²) < 4.78 is 7.01. The average Bonchev–Trinajstić information content (AvgIpc) is 2.96. The van der Waals surface area contributed by atoms with Gasteiger partial charge in [0.25, 0.3) is 0 Å². The van der Waals surface area contributed by atoms with Gasteiger partial charge < -0.3 is 14.7 Å². The highest BCUT2D eigenvalue weighted by molar-refractivity contribution is 5.84. The van der Waals surface area contributed by atoms with Crippen LogP contribution in [0.15, 0.2) is 30.6 Å². The topological polar surface area (TPSA) is 84.1 Å². The van der Waals surface area contributed by atoms with Crippen molar-refractivity contribution in [2.75, 3.05) is 19.8 Å². The number of fused-ring (bicyclic) bond motifs is 1. The molecule has 1 saturated heterocycles. The number of amides is 1. The molecule has 7 nitrogen and oxygen atoms in total. The number of rotatable bonds is 5. The molecule has 2 aromatic heterocycles. The lowest BCUT2D eigenvalue weighted by Gasteiger charge is -2.33. The molecule has 1 amide bonds. The van der Waals surface area contributed by atoms with Crippen molar-refractivity contribution >= 4 is 17.4 Å². The molecule has 3 rings (SSSR count). The molecule has 0 aromatic carbocycles. The average molecular weight is 317 g/mol. The predicted octanol–water partition coefficient (Wildman–Crippen LogP) is 0.969. The van der Waals surface area contributed by atoms with Gasteiger partial charge in [-0.1, -0.05) is 6.07 Å². The zero-order chi connectivity index (χ0) is 16.2. The van der Waals surface area contributed by atoms with Gasteiger partial charge in [0.1, 0.15) is 6.54 Å². The molecular formula is C16H19N3O4. The molecule has 23 heavy (non-hydrogen) atoms. The third kappa shape index (κ3) is 3.50. The number of carboxylic acid groups (broad SMARTS) is 1. The lowest BCUT2D eigenvalue weighted by atomic mass is 10.1. The summed E-state index contributed by atoms with van der Waals surface area (Å²) >= 11 is 0. The van der Waals surface area contributed by atoms with Crippen LogP contribution in [0.1, 0.15) is 18.4 Å². The van der Waals surface area contributed by atoms with Crippen LogP contribution in [0.25, 0.3) is 5.52 Å². The molecule has 0 unspecified atom stereocenters. The first-order valence-corrected chi connectivity index (χ1v) is 7.65. The maximum Gasteiger partial charge on any atom is 0.323 e. The van der Waals surface area contributed by atoms with E-state index in [0.717, 1.165) is 11.1 Å². The Morgan fingerprint density at radius 1 is 1.35 bits per heavy atom. The fraction of sp³-hybridized carbons (Fsp3) is 0.438. The second kappa shape index (κ2) is 6.78. The Labute approximate surface area is 133 Å². The standard InChI is InChI=1S/C16H19N3O4/c20-15(9-12-10-17-19-6-2-1-3-14(12)19)18(11-16(21)22)13-4-7-23-8-5-13/h1-3,6,10,13H,4-5,7-9,11H2,(H,21,22). The van der Waals surface area contributed by atoms with Crippen LogP contribution in [0.3, 0.4) is 0 Å². The summed E-state index contributed by atoms with van der Waals surface area (Å²) in [4.78, 5) is 25.3. The lowest BCUT2D eigenvalue weighted by molar-refractivity contribution is -0.147. The van der Waals surface area contributed by atoms with Crippen LogP contribution in [0.5, 0.6) is 0 Å². The van der Waals surface area contributed by atoms with Gasteiger partial charge in [0, 0.05) is 31.0 Å². The second-order valence-corrected chi connectivity index (χ2v) is 5.64. The molecule has 3 heterocycles. The van der Waals surface area contributed by atoms with Gasteiger partial charge in [-0.25, -0.2) is 4.52 Å². The fourth-order valence-electron chi connectivity index (χ4n) is 2.95. The normalized spacial score (nSPS) is 15.7. The number of aromatic nitrogens is 2. The molecular weight excluding hydrogens is 298 g/mol. The zero-order valence-corrected chi connectivity index (χ0v) is 12.7. The minimum Gasteiger partial charge on any atom is -0.480 e. The number of pyridine rings is 1. The van der Waals surface area contributed by atoms with Crippen LogP contribution in [0.4, 0.5) is 0 Å². The van der Waals surface area contributed by atoms with E-state index >= 15 is 0 Å². The van der Waals surface area contributed by atoms with Crippen LogP contribution in [0.2, 0.25) is 0 Å². The minimum atomic E-state index is -0.996. The molecule has 1 fully saturated rings. The quantitative estimate of drug-likeness (QED) is 0.888. The first-order valence-electron chi connectivity index (χ1n) is 7.65. The first kappa shape index (κ1) is 15.5. The van der Waals surface area contributed by atoms with Gasteiger partial charge in [-0.3, -0.25) is 9.59 Å². The Morgan fingerprint density at radius 3 is 2.87 bits per heavy atom. The van der Waals surface area contributed by atoms with E-state index in [0.29, 0.717) is 26.1 Å². The van der Waals surface area contributed by atoms with E-state index in [1.54, 1.807) is 10.7 Å². The van der Waals surface area contributed by atoms with Crippen LogP contribution < -0.4 is 0 Å². The highest BCUT2D eigenvalue weighted by atomic mass is 16.5. The summed E-state index contributed by atoms with van der Waals surface area (Å²) in [6.45, 7) is 0.846. The number of nitrogens with zero attached hydrogens (tertiary/aromatic N) is 3. The van der Waals surface area contributed by atoms with Gasteiger partial charge in [0.05, 0.1) is 18.1 Å². The van der Waals surface area contributed by atoms with Gasteiger partial charge in [0.15, 0.2) is 0 Å². The molecule has 1 aliphatic heterocycles. The highest BCUT2D eigenvalue weighted by Crippen LogP contribution is 2.18. The van der Waals surface area contributed by atoms with Gasteiger partial charge in [-0.05, 0) is 25.0 Å². The Balaban J connectivity index is 1.78. The zero-order valence-electron chi connectivity index (χ0n) is 12.7. The molecule has 0 atom stereocenters. The second-order valence-electron chi connectivity index (χ2n) is 5.64. The Morgan fingerprint density at radius 2 is 2.13 bits per heavy atom. The number of hydrogen-bond acceptors (Lipinski definition) is 4. The van der Waals surface area contributed by atoms with E-state index in [4.69, 9.17) is 9.84 Å². The van der Waals surface area contributed by atoms with E-state index in [2.05, 4.69) is 5.10 Å². The Hall–Kier alpha value is -2.41. The summed E-state index contributed by atoms with van der Waals surface area (Å²) in [6, 6.07) is 5.57. The SMILES string of the molecule is O=C(O)CN(C(=O)Cc1cnn2ccccc12)C1CCOCC1. The molecule has 0 radical (unpaired) electrons. The van der Waals surface area contributed by atoms with E-state index in [9.17, 15) is 9.59 Å². The number of hydrogen-bond donors (Lipinski definition) is 1. The van der Waals surface area contributed by atoms with E-state index in [1.165, 1.54) is 4.90 Å². The van der Waals surface area contributed by atoms with Gasteiger partial charge in [-0.2, -0.15) is 5.10 Å². The molecule has 0 saturated carbocycles. The van der Waals surface area contributed by atoms with Crippen LogP contribution >= 0.6 is 0 Å². The first-order chi connectivity index (χ1) is 11.1. The maximum absolute atomic E-state index is 12.7. The highest BCUT2D eigenvalue weighted by Gasteiger charge is 2.28. The molecule has 1 aliphatic rings. The van der Waals surface area contributed by atoms with Gasteiger partial charge in [0.2, 0.25) is 5.91 Å². The minimum absolute atomic E-state index is 0.0748. The fourth-order valence-corrected chi connectivity index (χ4v) is 2.95. The summed E-state index contributed by atoms with van der Waals surface area (Å²) in [5, 5.41) is 13.3. The van der Waals surface area contributed by atoms with Crippen molar-refractivity contribution < 1.29 is 19.4 Å². The summed E-state index contributed by atoms with van der Waals surface area (Å²) in [5.74, 6) is -1.18. The number of carboxylic acids is 1. The van der Waals surface area contributed by atoms with Gasteiger partial charge in [-0.15, -0.1) is 0 Å². The van der Waals surface area contributed by atoms with E-state index in [-0.39, 0.29) is 24.9 Å². The number of carbonyl (C=O) groups is 2. The van der Waals surface area contributed by atoms with Crippen LogP contribution in [0, 0.1) is 0 Å². The van der Waals surface area contributed by atoms with E-state index < -0.39 is 5.97 Å². The molecule has 0 spiro atoms. The Kier molecular flexibility index (Phi) is 4.57. The van der Waals surface area contributed by atoms with Crippen molar-refractivity contribution in [3.8, 4) is 0 Å². The van der Waals surface area contributed by atoms with Crippen molar-refractivity contribution in [1.29, 1.82) is 0 Å². The van der Waals surface area contributed by atoms with Crippen LogP contribution in [-0.4, -0.2) is 57.3 Å². The van der Waals surface area contributed by atoms with Crippen molar-refractivity contribution in [2.24, 2.45) is 0 Å². The smallest absolute Gasteiger partial charge is 0.323 e. The van der Waals surface area contributed by atoms with Crippen molar-refractivity contribution in [1.82, 2.24) is 14.5 Å². The molecule has 122 valence electrons. The summed E-state index contributed by atoms with van der Waals surface area (Å²) in [6.07, 6.45) is 4.98. The number of carbonyl (C=O) groups excluding carboxylic acids is 1. The van der Waals surface area contributed by atoms with Crippen molar-refractivity contribution in [3.05, 3.63) is 36.2 Å². The molecule has 2 aromatic rings. The third-order valence-corrected chi connectivity index (χ3v) is 4.11. The third-order valence-electron chi connectivity index (χ3n) is 4.11. The number of aliphatic carboxylic acids is 1. The maximum atomic E-state index is 12.7. The van der Waals surface area contributed by atoms with Crippen LogP contribution in [-0.2, 0) is 20.7 Å². The lowest BCUT2D eigenvalue weighted by Crippen LogP contribution is -2.46. The van der Waals surface area contributed by atoms with Crippen molar-refractivity contribution in [2.45, 2.75) is 25.3 Å². The van der Waals surface area contributed by atoms with Crippen molar-refractivity contribution in [3.63, 3.8) is 0 Å². The molecule has 7 heteroatoms. The molecule has 0 aliphatic carbocycles. The summed E-state index contributed by atoms with van der Waals surface area (Å²) in [7, 11) is 0. The monoisotopic (exact) mass is 317 g/mol. The number of ether oxygens (including phenoxy) is 1. The van der Waals surface area contributed by atoms with Gasteiger partial charge >= 0.3 is 5.97 Å². The molecule has 1 N–H and O–H groups in total. The largest absolute Gasteiger partial charge is 0.480 e. The predicted molar refractivity (Wildman–Crippen MR) is 82.1 cm³/mol. The summed E-state index contributed by atoms with van der Waals surface area (Å²) in [5.41, 5.74) is 1.67. The molecule has 0 bridgehead atoms.